The van der Waals surface area contributed by atoms with E-state index in [-0.39, 0.29) is 0 Å². The number of alkyl halides is 3. The van der Waals surface area contributed by atoms with E-state index in [2.05, 4.69) is 0 Å². The smallest absolute Gasteiger partial charge is 0.401 e. The van der Waals surface area contributed by atoms with Crippen molar-refractivity contribution in [2.45, 2.75) is 13.1 Å². The third-order valence-corrected chi connectivity index (χ3v) is 2.82. The third-order valence-electron chi connectivity index (χ3n) is 2.82. The van der Waals surface area contributed by atoms with Crippen molar-refractivity contribution in [2.24, 2.45) is 5.92 Å². The first-order valence-corrected chi connectivity index (χ1v) is 5.52. The van der Waals surface area contributed by atoms with Gasteiger partial charge in [-0.05, 0) is 0 Å². The monoisotopic (exact) mass is 254 g/mol. The normalized spacial score (nSPS) is 21.4. The minimum atomic E-state index is -4.16. The second kappa shape index (κ2) is 5.68. The van der Waals surface area contributed by atoms with Gasteiger partial charge in [0.05, 0.1) is 12.5 Å². The molecule has 1 aliphatic rings. The van der Waals surface area contributed by atoms with Gasteiger partial charge in [0.2, 0.25) is 0 Å². The van der Waals surface area contributed by atoms with Crippen LogP contribution >= 0.6 is 0 Å². The van der Waals surface area contributed by atoms with E-state index < -0.39 is 24.6 Å². The van der Waals surface area contributed by atoms with Crippen LogP contribution in [0.5, 0.6) is 0 Å². The van der Waals surface area contributed by atoms with Crippen LogP contribution in [0.2, 0.25) is 0 Å². The highest BCUT2D eigenvalue weighted by Gasteiger charge is 2.32. The van der Waals surface area contributed by atoms with Crippen LogP contribution in [0.4, 0.5) is 13.2 Å². The maximum absolute atomic E-state index is 12.1. The summed E-state index contributed by atoms with van der Waals surface area (Å²) < 4.78 is 36.4. The minimum Gasteiger partial charge on any atom is -0.481 e. The van der Waals surface area contributed by atoms with Crippen LogP contribution in [0, 0.1) is 5.92 Å². The van der Waals surface area contributed by atoms with Gasteiger partial charge in [-0.2, -0.15) is 13.2 Å². The number of carboxylic acid groups (broad SMARTS) is 1. The Labute approximate surface area is 98.0 Å². The molecule has 1 rings (SSSR count). The summed E-state index contributed by atoms with van der Waals surface area (Å²) in [7, 11) is 0. The maximum Gasteiger partial charge on any atom is 0.401 e. The number of carbonyl (C=O) groups is 1. The first kappa shape index (κ1) is 14.2. The lowest BCUT2D eigenvalue weighted by Crippen LogP contribution is -2.50. The second-order valence-electron chi connectivity index (χ2n) is 4.43. The van der Waals surface area contributed by atoms with E-state index in [1.165, 1.54) is 4.90 Å². The first-order valence-electron chi connectivity index (χ1n) is 5.52. The molecule has 0 amide bonds. The van der Waals surface area contributed by atoms with E-state index in [1.807, 2.05) is 4.90 Å². The number of nitrogens with zero attached hydrogens (tertiary/aromatic N) is 2. The van der Waals surface area contributed by atoms with E-state index in [0.29, 0.717) is 32.7 Å². The summed E-state index contributed by atoms with van der Waals surface area (Å²) >= 11 is 0. The number of aliphatic carboxylic acids is 1. The van der Waals surface area contributed by atoms with E-state index >= 15 is 0 Å². The van der Waals surface area contributed by atoms with Crippen LogP contribution < -0.4 is 0 Å². The van der Waals surface area contributed by atoms with Crippen molar-refractivity contribution < 1.29 is 23.1 Å². The lowest BCUT2D eigenvalue weighted by molar-refractivity contribution is -0.149. The molecule has 0 aromatic rings. The molecule has 0 aromatic carbocycles. The predicted octanol–water partition coefficient (Wildman–Crippen LogP) is 0.887. The van der Waals surface area contributed by atoms with Gasteiger partial charge in [-0.15, -0.1) is 0 Å². The summed E-state index contributed by atoms with van der Waals surface area (Å²) in [4.78, 5) is 13.9. The molecular weight excluding hydrogens is 237 g/mol. The highest BCUT2D eigenvalue weighted by atomic mass is 19.4. The van der Waals surface area contributed by atoms with Gasteiger partial charge in [-0.1, -0.05) is 6.92 Å². The van der Waals surface area contributed by atoms with E-state index in [1.54, 1.807) is 6.92 Å². The highest BCUT2D eigenvalue weighted by Crippen LogP contribution is 2.17. The number of piperazine rings is 1. The fraction of sp³-hybridized carbons (Fsp3) is 0.900. The molecule has 0 bridgehead atoms. The zero-order valence-electron chi connectivity index (χ0n) is 9.70. The van der Waals surface area contributed by atoms with Crippen LogP contribution in [0.1, 0.15) is 6.92 Å². The topological polar surface area (TPSA) is 43.8 Å². The van der Waals surface area contributed by atoms with Gasteiger partial charge in [-0.3, -0.25) is 14.6 Å². The number of halogens is 3. The minimum absolute atomic E-state index is 0.339. The largest absolute Gasteiger partial charge is 0.481 e. The fourth-order valence-electron chi connectivity index (χ4n) is 1.85. The molecule has 1 aliphatic heterocycles. The second-order valence-corrected chi connectivity index (χ2v) is 4.43. The van der Waals surface area contributed by atoms with Crippen LogP contribution in [0.3, 0.4) is 0 Å². The lowest BCUT2D eigenvalue weighted by atomic mass is 10.1. The van der Waals surface area contributed by atoms with Crippen molar-refractivity contribution in [1.82, 2.24) is 9.80 Å². The van der Waals surface area contributed by atoms with Gasteiger partial charge in [0.15, 0.2) is 0 Å². The van der Waals surface area contributed by atoms with Crippen molar-refractivity contribution in [1.29, 1.82) is 0 Å². The SMILES string of the molecule is CC(CN1CCN(CC(F)(F)F)CC1)C(=O)O. The molecule has 17 heavy (non-hydrogen) atoms. The number of rotatable bonds is 4. The summed E-state index contributed by atoms with van der Waals surface area (Å²) in [5, 5.41) is 8.73. The molecule has 0 aromatic heterocycles. The zero-order valence-corrected chi connectivity index (χ0v) is 9.70. The van der Waals surface area contributed by atoms with E-state index in [0.717, 1.165) is 0 Å². The molecule has 1 heterocycles. The molecular formula is C10H17F3N2O2. The van der Waals surface area contributed by atoms with Gasteiger partial charge in [0, 0.05) is 32.7 Å². The Morgan fingerprint density at radius 2 is 1.71 bits per heavy atom. The van der Waals surface area contributed by atoms with E-state index in [9.17, 15) is 18.0 Å². The van der Waals surface area contributed by atoms with Gasteiger partial charge in [0.1, 0.15) is 0 Å². The molecule has 1 unspecified atom stereocenters. The van der Waals surface area contributed by atoms with Gasteiger partial charge >= 0.3 is 12.1 Å². The molecule has 7 heteroatoms. The molecule has 1 atom stereocenters. The molecule has 1 saturated heterocycles. The molecule has 0 aliphatic carbocycles. The van der Waals surface area contributed by atoms with Crippen LogP contribution in [-0.4, -0.2) is 66.3 Å². The van der Waals surface area contributed by atoms with Crippen LogP contribution in [0.25, 0.3) is 0 Å². The summed E-state index contributed by atoms with van der Waals surface area (Å²) in [6, 6.07) is 0. The Hall–Kier alpha value is -0.820. The molecule has 100 valence electrons. The Balaban J connectivity index is 2.29. The van der Waals surface area contributed by atoms with Gasteiger partial charge in [0.25, 0.3) is 0 Å². The number of hydrogen-bond acceptors (Lipinski definition) is 3. The highest BCUT2D eigenvalue weighted by molar-refractivity contribution is 5.69. The standard InChI is InChI=1S/C10H17F3N2O2/c1-8(9(16)17)6-14-2-4-15(5-3-14)7-10(11,12)13/h8H,2-7H2,1H3,(H,16,17). The van der Waals surface area contributed by atoms with Gasteiger partial charge < -0.3 is 5.11 Å². The number of hydrogen-bond donors (Lipinski definition) is 1. The summed E-state index contributed by atoms with van der Waals surface area (Å²) in [5.41, 5.74) is 0. The Bertz CT molecular complexity index is 263. The fourth-order valence-corrected chi connectivity index (χ4v) is 1.85. The lowest BCUT2D eigenvalue weighted by Gasteiger charge is -2.35. The van der Waals surface area contributed by atoms with Gasteiger partial charge in [-0.25, -0.2) is 0 Å². The Morgan fingerprint density at radius 3 is 2.12 bits per heavy atom. The number of carboxylic acids is 1. The Morgan fingerprint density at radius 1 is 1.24 bits per heavy atom. The summed E-state index contributed by atoms with van der Waals surface area (Å²) in [6.07, 6.45) is -4.16. The summed E-state index contributed by atoms with van der Waals surface area (Å²) in [5.74, 6) is -1.35. The van der Waals surface area contributed by atoms with E-state index in [4.69, 9.17) is 5.11 Å². The van der Waals surface area contributed by atoms with Crippen molar-refractivity contribution >= 4 is 5.97 Å². The zero-order chi connectivity index (χ0) is 13.1. The quantitative estimate of drug-likeness (QED) is 0.809. The average molecular weight is 254 g/mol. The van der Waals surface area contributed by atoms with Crippen molar-refractivity contribution in [3.8, 4) is 0 Å². The molecule has 1 N–H and O–H groups in total. The molecule has 1 fully saturated rings. The summed E-state index contributed by atoms with van der Waals surface area (Å²) in [6.45, 7) is 2.79. The van der Waals surface area contributed by atoms with Crippen molar-refractivity contribution in [2.75, 3.05) is 39.3 Å². The van der Waals surface area contributed by atoms with Crippen molar-refractivity contribution in [3.05, 3.63) is 0 Å². The molecule has 0 radical (unpaired) electrons. The Kier molecular flexibility index (Phi) is 4.76. The molecule has 0 saturated carbocycles. The predicted molar refractivity (Wildman–Crippen MR) is 55.7 cm³/mol. The van der Waals surface area contributed by atoms with Crippen molar-refractivity contribution in [3.63, 3.8) is 0 Å². The first-order chi connectivity index (χ1) is 7.78. The molecule has 0 spiro atoms. The van der Waals surface area contributed by atoms with Crippen LogP contribution in [0.15, 0.2) is 0 Å². The van der Waals surface area contributed by atoms with Crippen LogP contribution in [-0.2, 0) is 4.79 Å². The maximum atomic E-state index is 12.1. The average Bonchev–Trinajstić information content (AvgIpc) is 2.18. The third kappa shape index (κ3) is 5.36. The molecule has 4 nitrogen and oxygen atoms in total.